The Labute approximate surface area is 109 Å². The molecule has 2 aromatic heterocycles. The van der Waals surface area contributed by atoms with Crippen molar-refractivity contribution in [2.24, 2.45) is 0 Å². The maximum atomic E-state index is 11.6. The number of pyridine rings is 1. The highest BCUT2D eigenvalue weighted by Crippen LogP contribution is 2.37. The normalized spacial score (nSPS) is 10.6. The highest BCUT2D eigenvalue weighted by molar-refractivity contribution is 7.81. The Balaban J connectivity index is 2.80. The van der Waals surface area contributed by atoms with Crippen LogP contribution in [0.4, 0.5) is 5.69 Å². The monoisotopic (exact) mass is 268 g/mol. The van der Waals surface area contributed by atoms with Crippen LogP contribution in [0, 0.1) is 13.8 Å². The summed E-state index contributed by atoms with van der Waals surface area (Å²) in [5.74, 6) is -0.374. The summed E-state index contributed by atoms with van der Waals surface area (Å²) in [5.41, 5.74) is 2.67. The first-order valence-electron chi connectivity index (χ1n) is 4.97. The van der Waals surface area contributed by atoms with E-state index in [0.717, 1.165) is 21.5 Å². The summed E-state index contributed by atoms with van der Waals surface area (Å²) >= 11 is 5.36. The van der Waals surface area contributed by atoms with E-state index in [9.17, 15) is 4.79 Å². The van der Waals surface area contributed by atoms with Gasteiger partial charge in [-0.15, -0.1) is 11.3 Å². The van der Waals surface area contributed by atoms with Gasteiger partial charge >= 0.3 is 5.97 Å². The topological polar surface area (TPSA) is 51.2 Å². The Hall–Kier alpha value is -1.27. The number of methoxy groups -OCH3 is 1. The molecule has 0 aliphatic heterocycles. The Morgan fingerprint density at radius 3 is 2.82 bits per heavy atom. The van der Waals surface area contributed by atoms with Crippen LogP contribution < -0.4 is 4.72 Å². The van der Waals surface area contributed by atoms with Gasteiger partial charge in [0.25, 0.3) is 0 Å². The van der Waals surface area contributed by atoms with Gasteiger partial charge in [0.05, 0.1) is 12.8 Å². The number of carbonyl (C=O) groups is 1. The molecule has 0 saturated heterocycles. The lowest BCUT2D eigenvalue weighted by Gasteiger charge is -2.03. The average Bonchev–Trinajstić information content (AvgIpc) is 2.66. The van der Waals surface area contributed by atoms with Crippen LogP contribution in [0.1, 0.15) is 20.9 Å². The van der Waals surface area contributed by atoms with Crippen LogP contribution in [0.2, 0.25) is 0 Å². The second-order valence-electron chi connectivity index (χ2n) is 3.67. The quantitative estimate of drug-likeness (QED) is 0.649. The van der Waals surface area contributed by atoms with Crippen LogP contribution in [0.15, 0.2) is 6.07 Å². The average molecular weight is 268 g/mol. The number of ether oxygens (including phenoxy) is 1. The predicted molar refractivity (Wildman–Crippen MR) is 73.0 cm³/mol. The third-order valence-corrected chi connectivity index (χ3v) is 3.76. The van der Waals surface area contributed by atoms with Gasteiger partial charge < -0.3 is 9.46 Å². The number of nitrogens with one attached hydrogen (secondary N) is 1. The Morgan fingerprint density at radius 2 is 2.24 bits per heavy atom. The molecule has 0 aliphatic carbocycles. The zero-order valence-corrected chi connectivity index (χ0v) is 11.4. The standard InChI is InChI=1S/C11H12N2O2S2/c1-5-4-6(2)12-10-7(5)8(13-16)9(17-10)11(14)15-3/h4,13,16H,1-3H3. The van der Waals surface area contributed by atoms with Crippen molar-refractivity contribution in [2.45, 2.75) is 13.8 Å². The van der Waals surface area contributed by atoms with Gasteiger partial charge in [-0.3, -0.25) is 0 Å². The summed E-state index contributed by atoms with van der Waals surface area (Å²) in [6.45, 7) is 3.91. The molecule has 0 bridgehead atoms. The molecule has 0 radical (unpaired) electrons. The van der Waals surface area contributed by atoms with Crippen LogP contribution >= 0.6 is 24.2 Å². The molecule has 0 amide bonds. The van der Waals surface area contributed by atoms with Crippen molar-refractivity contribution in [1.29, 1.82) is 0 Å². The van der Waals surface area contributed by atoms with Crippen molar-refractivity contribution in [2.75, 3.05) is 11.8 Å². The molecule has 0 fully saturated rings. The number of anilines is 1. The maximum absolute atomic E-state index is 11.6. The van der Waals surface area contributed by atoms with Crippen molar-refractivity contribution in [3.05, 3.63) is 22.2 Å². The summed E-state index contributed by atoms with van der Waals surface area (Å²) in [6.07, 6.45) is 0. The van der Waals surface area contributed by atoms with Crippen LogP contribution in [-0.4, -0.2) is 18.1 Å². The predicted octanol–water partition coefficient (Wildman–Crippen LogP) is 2.96. The van der Waals surface area contributed by atoms with Crippen LogP contribution in [0.3, 0.4) is 0 Å². The van der Waals surface area contributed by atoms with E-state index in [2.05, 4.69) is 22.5 Å². The van der Waals surface area contributed by atoms with E-state index in [1.165, 1.54) is 18.4 Å². The summed E-state index contributed by atoms with van der Waals surface area (Å²) < 4.78 is 7.51. The second kappa shape index (κ2) is 4.54. The van der Waals surface area contributed by atoms with E-state index >= 15 is 0 Å². The molecule has 0 aliphatic rings. The van der Waals surface area contributed by atoms with Crippen molar-refractivity contribution in [3.8, 4) is 0 Å². The minimum atomic E-state index is -0.374. The minimum absolute atomic E-state index is 0.374. The van der Waals surface area contributed by atoms with Crippen molar-refractivity contribution < 1.29 is 9.53 Å². The smallest absolute Gasteiger partial charge is 0.350 e. The lowest BCUT2D eigenvalue weighted by Crippen LogP contribution is -2.00. The molecule has 0 saturated carbocycles. The largest absolute Gasteiger partial charge is 0.465 e. The molecule has 1 N–H and O–H groups in total. The van der Waals surface area contributed by atoms with Gasteiger partial charge in [0.15, 0.2) is 0 Å². The number of aryl methyl sites for hydroxylation is 2. The van der Waals surface area contributed by atoms with Crippen molar-refractivity contribution >= 4 is 46.0 Å². The SMILES string of the molecule is COC(=O)c1sc2nc(C)cc(C)c2c1NS. The third-order valence-electron chi connectivity index (χ3n) is 2.47. The molecule has 4 nitrogen and oxygen atoms in total. The molecule has 6 heteroatoms. The summed E-state index contributed by atoms with van der Waals surface area (Å²) in [7, 11) is 1.36. The molecule has 2 rings (SSSR count). The number of esters is 1. The van der Waals surface area contributed by atoms with Crippen molar-refractivity contribution in [3.63, 3.8) is 0 Å². The fourth-order valence-corrected chi connectivity index (χ4v) is 3.25. The first-order valence-corrected chi connectivity index (χ1v) is 6.24. The van der Waals surface area contributed by atoms with Crippen LogP contribution in [0.25, 0.3) is 10.2 Å². The maximum Gasteiger partial charge on any atom is 0.350 e. The van der Waals surface area contributed by atoms with E-state index in [1.54, 1.807) is 0 Å². The number of fused-ring (bicyclic) bond motifs is 1. The fourth-order valence-electron chi connectivity index (χ4n) is 1.78. The van der Waals surface area contributed by atoms with Crippen LogP contribution in [-0.2, 0) is 4.74 Å². The summed E-state index contributed by atoms with van der Waals surface area (Å²) in [6, 6.07) is 1.98. The number of aromatic nitrogens is 1. The van der Waals surface area contributed by atoms with Crippen LogP contribution in [0.5, 0.6) is 0 Å². The summed E-state index contributed by atoms with van der Waals surface area (Å²) in [5, 5.41) is 0.927. The molecule has 90 valence electrons. The molecule has 17 heavy (non-hydrogen) atoms. The Bertz CT molecular complexity index is 593. The number of thiophene rings is 1. The number of rotatable bonds is 2. The highest BCUT2D eigenvalue weighted by atomic mass is 32.1. The van der Waals surface area contributed by atoms with Crippen molar-refractivity contribution in [1.82, 2.24) is 4.98 Å². The number of hydrogen-bond acceptors (Lipinski definition) is 6. The van der Waals surface area contributed by atoms with E-state index in [4.69, 9.17) is 4.74 Å². The second-order valence-corrected chi connectivity index (χ2v) is 4.89. The number of carbonyl (C=O) groups excluding carboxylic acids is 1. The van der Waals surface area contributed by atoms with E-state index < -0.39 is 0 Å². The highest BCUT2D eigenvalue weighted by Gasteiger charge is 2.20. The fraction of sp³-hybridized carbons (Fsp3) is 0.273. The Morgan fingerprint density at radius 1 is 1.53 bits per heavy atom. The van der Waals surface area contributed by atoms with Gasteiger partial charge in [-0.1, -0.05) is 12.8 Å². The van der Waals surface area contributed by atoms with Gasteiger partial charge in [-0.2, -0.15) is 0 Å². The van der Waals surface area contributed by atoms with Gasteiger partial charge in [-0.05, 0) is 25.5 Å². The van der Waals surface area contributed by atoms with E-state index in [1.807, 2.05) is 19.9 Å². The van der Waals surface area contributed by atoms with Gasteiger partial charge in [0.2, 0.25) is 0 Å². The number of nitrogens with zero attached hydrogens (tertiary/aromatic N) is 1. The molecular weight excluding hydrogens is 256 g/mol. The molecule has 2 aromatic rings. The zero-order valence-electron chi connectivity index (χ0n) is 9.70. The first-order chi connectivity index (χ1) is 8.08. The lowest BCUT2D eigenvalue weighted by molar-refractivity contribution is 0.0607. The molecular formula is C11H12N2O2S2. The Kier molecular flexibility index (Phi) is 3.26. The third kappa shape index (κ3) is 1.98. The first kappa shape index (κ1) is 12.2. The van der Waals surface area contributed by atoms with Gasteiger partial charge in [0.1, 0.15) is 9.71 Å². The van der Waals surface area contributed by atoms with Gasteiger partial charge in [0, 0.05) is 11.1 Å². The summed E-state index contributed by atoms with van der Waals surface area (Å²) in [4.78, 5) is 17.4. The molecule has 0 spiro atoms. The number of thiol groups is 1. The minimum Gasteiger partial charge on any atom is -0.465 e. The molecule has 0 unspecified atom stereocenters. The molecule has 2 heterocycles. The van der Waals surface area contributed by atoms with Gasteiger partial charge in [-0.25, -0.2) is 9.78 Å². The molecule has 0 atom stereocenters. The molecule has 0 aromatic carbocycles. The van der Waals surface area contributed by atoms with E-state index in [-0.39, 0.29) is 5.97 Å². The zero-order chi connectivity index (χ0) is 12.6. The lowest BCUT2D eigenvalue weighted by atomic mass is 10.1. The number of hydrogen-bond donors (Lipinski definition) is 2. The van der Waals surface area contributed by atoms with E-state index in [0.29, 0.717) is 10.6 Å².